The molecule has 0 aromatic heterocycles. The van der Waals surface area contributed by atoms with E-state index in [9.17, 15) is 4.79 Å². The maximum atomic E-state index is 12.3. The van der Waals surface area contributed by atoms with Crippen LogP contribution in [0.15, 0.2) is 24.3 Å². The van der Waals surface area contributed by atoms with Gasteiger partial charge in [0.1, 0.15) is 0 Å². The van der Waals surface area contributed by atoms with Crippen LogP contribution in [0.1, 0.15) is 44.1 Å². The van der Waals surface area contributed by atoms with Crippen LogP contribution in [0, 0.1) is 17.8 Å². The second kappa shape index (κ2) is 7.72. The molecule has 0 saturated heterocycles. The number of aliphatic hydroxyl groups excluding tert-OH is 1. The first-order valence-electron chi connectivity index (χ1n) is 7.31. The van der Waals surface area contributed by atoms with Crippen LogP contribution >= 0.6 is 0 Å². The molecule has 1 aromatic rings. The Hall–Kier alpha value is -1.79. The standard InChI is InChI=1S/C17H21NO2/c19-13-7-6-9-14-8-4-5-12-16(14)18-17(20)15-10-2-1-3-11-15/h4-5,8,12,15,19H,1-3,7,10-11,13H2,(H,18,20). The largest absolute Gasteiger partial charge is 0.395 e. The predicted octanol–water partition coefficient (Wildman–Crippen LogP) is 2.94. The van der Waals surface area contributed by atoms with Gasteiger partial charge in [-0.2, -0.15) is 0 Å². The maximum Gasteiger partial charge on any atom is 0.227 e. The highest BCUT2D eigenvalue weighted by Crippen LogP contribution is 2.25. The molecule has 0 bridgehead atoms. The molecule has 0 atom stereocenters. The Labute approximate surface area is 120 Å². The number of rotatable bonds is 3. The molecule has 1 aromatic carbocycles. The van der Waals surface area contributed by atoms with Crippen molar-refractivity contribution in [2.45, 2.75) is 38.5 Å². The molecule has 1 aliphatic rings. The molecule has 0 radical (unpaired) electrons. The summed E-state index contributed by atoms with van der Waals surface area (Å²) in [6.45, 7) is 0.0591. The zero-order valence-corrected chi connectivity index (χ0v) is 11.7. The zero-order chi connectivity index (χ0) is 14.2. The number of carbonyl (C=O) groups excluding carboxylic acids is 1. The van der Waals surface area contributed by atoms with Gasteiger partial charge in [-0.15, -0.1) is 0 Å². The molecule has 0 unspecified atom stereocenters. The first kappa shape index (κ1) is 14.6. The smallest absolute Gasteiger partial charge is 0.227 e. The van der Waals surface area contributed by atoms with Gasteiger partial charge in [0.2, 0.25) is 5.91 Å². The summed E-state index contributed by atoms with van der Waals surface area (Å²) in [4.78, 5) is 12.3. The van der Waals surface area contributed by atoms with Crippen molar-refractivity contribution < 1.29 is 9.90 Å². The number of nitrogens with one attached hydrogen (secondary N) is 1. The van der Waals surface area contributed by atoms with Crippen LogP contribution in [-0.2, 0) is 4.79 Å². The molecule has 3 nitrogen and oxygen atoms in total. The van der Waals surface area contributed by atoms with Gasteiger partial charge in [0.05, 0.1) is 12.3 Å². The van der Waals surface area contributed by atoms with Gasteiger partial charge < -0.3 is 10.4 Å². The van der Waals surface area contributed by atoms with Gasteiger partial charge in [0.15, 0.2) is 0 Å². The first-order valence-corrected chi connectivity index (χ1v) is 7.31. The summed E-state index contributed by atoms with van der Waals surface area (Å²) in [6, 6.07) is 7.57. The lowest BCUT2D eigenvalue weighted by Crippen LogP contribution is -2.25. The summed E-state index contributed by atoms with van der Waals surface area (Å²) in [5.74, 6) is 6.14. The van der Waals surface area contributed by atoms with Crippen molar-refractivity contribution in [3.8, 4) is 11.8 Å². The lowest BCUT2D eigenvalue weighted by Gasteiger charge is -2.21. The SMILES string of the molecule is O=C(Nc1ccccc1C#CCCO)C1CCCCC1. The maximum absolute atomic E-state index is 12.3. The molecule has 0 heterocycles. The van der Waals surface area contributed by atoms with E-state index in [1.165, 1.54) is 6.42 Å². The molecule has 0 spiro atoms. The summed E-state index contributed by atoms with van der Waals surface area (Å²) in [5.41, 5.74) is 1.58. The molecular formula is C17H21NO2. The predicted molar refractivity (Wildman–Crippen MR) is 80.2 cm³/mol. The fourth-order valence-corrected chi connectivity index (χ4v) is 2.51. The second-order valence-corrected chi connectivity index (χ2v) is 5.15. The van der Waals surface area contributed by atoms with E-state index in [4.69, 9.17) is 5.11 Å². The third-order valence-corrected chi connectivity index (χ3v) is 3.62. The average Bonchev–Trinajstić information content (AvgIpc) is 2.50. The number of amides is 1. The number of aliphatic hydroxyl groups is 1. The molecule has 1 saturated carbocycles. The number of benzene rings is 1. The monoisotopic (exact) mass is 271 g/mol. The molecule has 20 heavy (non-hydrogen) atoms. The Morgan fingerprint density at radius 1 is 1.25 bits per heavy atom. The molecule has 106 valence electrons. The highest BCUT2D eigenvalue weighted by Gasteiger charge is 2.21. The average molecular weight is 271 g/mol. The summed E-state index contributed by atoms with van der Waals surface area (Å²) in [6.07, 6.45) is 5.97. The van der Waals surface area contributed by atoms with Crippen molar-refractivity contribution in [2.75, 3.05) is 11.9 Å². The van der Waals surface area contributed by atoms with E-state index < -0.39 is 0 Å². The molecule has 2 rings (SSSR count). The van der Waals surface area contributed by atoms with Gasteiger partial charge in [-0.05, 0) is 25.0 Å². The van der Waals surface area contributed by atoms with E-state index in [0.29, 0.717) is 6.42 Å². The van der Waals surface area contributed by atoms with E-state index >= 15 is 0 Å². The van der Waals surface area contributed by atoms with E-state index in [-0.39, 0.29) is 18.4 Å². The minimum Gasteiger partial charge on any atom is -0.395 e. The van der Waals surface area contributed by atoms with Gasteiger partial charge in [0.25, 0.3) is 0 Å². The first-order chi connectivity index (χ1) is 9.81. The quantitative estimate of drug-likeness (QED) is 0.830. The van der Waals surface area contributed by atoms with Crippen LogP contribution in [-0.4, -0.2) is 17.6 Å². The normalized spacial score (nSPS) is 15.2. The van der Waals surface area contributed by atoms with Crippen LogP contribution in [0.4, 0.5) is 5.69 Å². The van der Waals surface area contributed by atoms with Crippen LogP contribution in [0.2, 0.25) is 0 Å². The topological polar surface area (TPSA) is 49.3 Å². The van der Waals surface area contributed by atoms with Gasteiger partial charge in [-0.25, -0.2) is 0 Å². The van der Waals surface area contributed by atoms with E-state index in [1.54, 1.807) is 0 Å². The van der Waals surface area contributed by atoms with Gasteiger partial charge >= 0.3 is 0 Å². The molecule has 2 N–H and O–H groups in total. The highest BCUT2D eigenvalue weighted by atomic mass is 16.2. The van der Waals surface area contributed by atoms with Crippen LogP contribution < -0.4 is 5.32 Å². The minimum atomic E-state index is 0.0591. The number of para-hydroxylation sites is 1. The Morgan fingerprint density at radius 2 is 2.00 bits per heavy atom. The van der Waals surface area contributed by atoms with Crippen molar-refractivity contribution >= 4 is 11.6 Å². The third kappa shape index (κ3) is 4.11. The summed E-state index contributed by atoms with van der Waals surface area (Å²) >= 11 is 0. The van der Waals surface area contributed by atoms with Gasteiger partial charge in [0, 0.05) is 17.9 Å². The zero-order valence-electron chi connectivity index (χ0n) is 11.7. The fraction of sp³-hybridized carbons (Fsp3) is 0.471. The van der Waals surface area contributed by atoms with Crippen molar-refractivity contribution in [1.82, 2.24) is 0 Å². The number of hydrogen-bond donors (Lipinski definition) is 2. The van der Waals surface area contributed by atoms with Crippen LogP contribution in [0.3, 0.4) is 0 Å². The minimum absolute atomic E-state index is 0.0591. The van der Waals surface area contributed by atoms with E-state index in [2.05, 4.69) is 17.2 Å². The Balaban J connectivity index is 2.05. The van der Waals surface area contributed by atoms with Gasteiger partial charge in [-0.3, -0.25) is 4.79 Å². The van der Waals surface area contributed by atoms with Crippen LogP contribution in [0.25, 0.3) is 0 Å². The number of hydrogen-bond acceptors (Lipinski definition) is 2. The molecule has 0 aliphatic heterocycles. The summed E-state index contributed by atoms with van der Waals surface area (Å²) < 4.78 is 0. The number of carbonyl (C=O) groups is 1. The Bertz CT molecular complexity index is 507. The third-order valence-electron chi connectivity index (χ3n) is 3.62. The number of anilines is 1. The molecule has 3 heteroatoms. The fourth-order valence-electron chi connectivity index (χ4n) is 2.51. The highest BCUT2D eigenvalue weighted by molar-refractivity contribution is 5.93. The van der Waals surface area contributed by atoms with Crippen molar-refractivity contribution in [3.63, 3.8) is 0 Å². The Morgan fingerprint density at radius 3 is 2.75 bits per heavy atom. The molecular weight excluding hydrogens is 250 g/mol. The van der Waals surface area contributed by atoms with E-state index in [0.717, 1.165) is 36.9 Å². The Kier molecular flexibility index (Phi) is 5.64. The summed E-state index contributed by atoms with van der Waals surface area (Å²) in [5, 5.41) is 11.8. The van der Waals surface area contributed by atoms with Crippen molar-refractivity contribution in [2.24, 2.45) is 5.92 Å². The van der Waals surface area contributed by atoms with Crippen molar-refractivity contribution in [3.05, 3.63) is 29.8 Å². The summed E-state index contributed by atoms with van der Waals surface area (Å²) in [7, 11) is 0. The van der Waals surface area contributed by atoms with Crippen molar-refractivity contribution in [1.29, 1.82) is 0 Å². The lowest BCUT2D eigenvalue weighted by molar-refractivity contribution is -0.120. The lowest BCUT2D eigenvalue weighted by atomic mass is 9.88. The second-order valence-electron chi connectivity index (χ2n) is 5.15. The molecule has 1 fully saturated rings. The van der Waals surface area contributed by atoms with Gasteiger partial charge in [-0.1, -0.05) is 43.2 Å². The van der Waals surface area contributed by atoms with Crippen LogP contribution in [0.5, 0.6) is 0 Å². The van der Waals surface area contributed by atoms with E-state index in [1.807, 2.05) is 24.3 Å². The molecule has 1 amide bonds. The molecule has 1 aliphatic carbocycles.